The first-order valence-electron chi connectivity index (χ1n) is 17.8. The monoisotopic (exact) mass is 698 g/mol. The third-order valence-corrected chi connectivity index (χ3v) is 7.70. The molecular formula is C37H63O10P. The third kappa shape index (κ3) is 33.6. The molecule has 0 fully saturated rings. The van der Waals surface area contributed by atoms with E-state index in [1.54, 1.807) is 18.2 Å². The number of aliphatic hydroxyl groups is 2. The van der Waals surface area contributed by atoms with Gasteiger partial charge in [0, 0.05) is 12.8 Å². The van der Waals surface area contributed by atoms with E-state index in [0.29, 0.717) is 25.7 Å². The first-order valence-corrected chi connectivity index (χ1v) is 19.3. The van der Waals surface area contributed by atoms with Crippen molar-refractivity contribution < 1.29 is 48.2 Å². The van der Waals surface area contributed by atoms with E-state index in [2.05, 4.69) is 30.5 Å². The highest BCUT2D eigenvalue weighted by Gasteiger charge is 2.23. The zero-order valence-corrected chi connectivity index (χ0v) is 30.2. The molecule has 276 valence electrons. The van der Waals surface area contributed by atoms with Gasteiger partial charge in [-0.3, -0.25) is 14.1 Å². The number of esters is 2. The van der Waals surface area contributed by atoms with Gasteiger partial charge < -0.3 is 29.5 Å². The molecule has 3 atom stereocenters. The Morgan fingerprint density at radius 2 is 1.21 bits per heavy atom. The van der Waals surface area contributed by atoms with Gasteiger partial charge in [0.1, 0.15) is 6.61 Å². The number of rotatable bonds is 31. The van der Waals surface area contributed by atoms with Crippen LogP contribution in [-0.4, -0.2) is 63.5 Å². The zero-order chi connectivity index (χ0) is 35.7. The Hall–Kier alpha value is -2.33. The molecule has 0 saturated carbocycles. The first kappa shape index (κ1) is 45.7. The van der Waals surface area contributed by atoms with Gasteiger partial charge >= 0.3 is 19.8 Å². The lowest BCUT2D eigenvalue weighted by atomic mass is 10.1. The summed E-state index contributed by atoms with van der Waals surface area (Å²) in [6.45, 7) is 3.31. The Kier molecular flexibility index (Phi) is 30.4. The second-order valence-electron chi connectivity index (χ2n) is 11.9. The fourth-order valence-corrected chi connectivity index (χ4v) is 4.81. The van der Waals surface area contributed by atoms with E-state index >= 15 is 0 Å². The average Bonchev–Trinajstić information content (AvgIpc) is 3.03. The summed E-state index contributed by atoms with van der Waals surface area (Å²) in [5.74, 6) is -1.13. The molecule has 0 aliphatic carbocycles. The van der Waals surface area contributed by atoms with Crippen molar-refractivity contribution in [1.82, 2.24) is 0 Å². The summed E-state index contributed by atoms with van der Waals surface area (Å²) in [5.41, 5.74) is 0. The van der Waals surface area contributed by atoms with Crippen molar-refractivity contribution in [1.29, 1.82) is 0 Å². The maximum Gasteiger partial charge on any atom is 0.469 e. The van der Waals surface area contributed by atoms with Crippen molar-refractivity contribution in [3.63, 3.8) is 0 Å². The van der Waals surface area contributed by atoms with Crippen molar-refractivity contribution in [2.24, 2.45) is 0 Å². The van der Waals surface area contributed by atoms with Gasteiger partial charge in [-0.2, -0.15) is 0 Å². The fourth-order valence-electron chi connectivity index (χ4n) is 4.45. The molecule has 0 saturated heterocycles. The Morgan fingerprint density at radius 1 is 0.646 bits per heavy atom. The molecule has 11 heteroatoms. The largest absolute Gasteiger partial charge is 0.469 e. The number of phosphoric ester groups is 1. The summed E-state index contributed by atoms with van der Waals surface area (Å²) in [7, 11) is -4.82. The van der Waals surface area contributed by atoms with Crippen LogP contribution in [0.25, 0.3) is 0 Å². The molecule has 0 heterocycles. The Morgan fingerprint density at radius 3 is 1.83 bits per heavy atom. The lowest BCUT2D eigenvalue weighted by molar-refractivity contribution is -0.161. The lowest BCUT2D eigenvalue weighted by Gasteiger charge is -2.18. The minimum atomic E-state index is -4.82. The number of carbonyl (C=O) groups is 2. The van der Waals surface area contributed by atoms with Crippen molar-refractivity contribution in [2.45, 2.75) is 148 Å². The van der Waals surface area contributed by atoms with E-state index in [1.165, 1.54) is 12.8 Å². The van der Waals surface area contributed by atoms with Crippen LogP contribution in [0.3, 0.4) is 0 Å². The van der Waals surface area contributed by atoms with Crippen molar-refractivity contribution in [3.05, 3.63) is 60.8 Å². The normalized spacial score (nSPS) is 14.5. The van der Waals surface area contributed by atoms with Gasteiger partial charge in [0.15, 0.2) is 6.10 Å². The second-order valence-corrected chi connectivity index (χ2v) is 13.1. The van der Waals surface area contributed by atoms with Crippen LogP contribution < -0.4 is 0 Å². The summed E-state index contributed by atoms with van der Waals surface area (Å²) in [4.78, 5) is 42.6. The molecule has 10 nitrogen and oxygen atoms in total. The molecule has 0 unspecified atom stereocenters. The summed E-state index contributed by atoms with van der Waals surface area (Å²) < 4.78 is 26.1. The quantitative estimate of drug-likeness (QED) is 0.0183. The SMILES string of the molecule is CCCC/C=C\CCCCCCCC(=O)OC[C@H](COP(=O)(O)O)OC(=O)CCC[C@H](O)/C=C/C=C\C/C=C\C=C\[C@H](O)CCCCC. The number of phosphoric acid groups is 1. The molecule has 48 heavy (non-hydrogen) atoms. The molecule has 0 bridgehead atoms. The highest BCUT2D eigenvalue weighted by molar-refractivity contribution is 7.46. The number of carbonyl (C=O) groups excluding carboxylic acids is 2. The van der Waals surface area contributed by atoms with E-state index in [9.17, 15) is 24.4 Å². The maximum absolute atomic E-state index is 12.3. The van der Waals surface area contributed by atoms with Crippen LogP contribution in [0.15, 0.2) is 60.8 Å². The van der Waals surface area contributed by atoms with Crippen molar-refractivity contribution in [3.8, 4) is 0 Å². The fraction of sp³-hybridized carbons (Fsp3) is 0.676. The molecule has 0 aromatic carbocycles. The Balaban J connectivity index is 4.30. The molecule has 0 radical (unpaired) electrons. The standard InChI is InChI=1S/C37H63O10P/c1-3-5-7-8-9-10-11-12-16-19-23-29-36(40)45-31-35(32-46-48(42,43)44)47-37(41)30-24-28-34(39)27-22-18-15-13-14-17-21-26-33(38)25-20-6-4-2/h8-9,14-15,17-18,21-22,26-27,33-35,38-39H,3-7,10-13,16,19-20,23-25,28-32H2,1-2H3,(H2,42,43,44)/b9-8-,17-14-,18-15-,26-21+,27-22+/t33-,34-,35-/m1/s1. The van der Waals surface area contributed by atoms with Gasteiger partial charge in [0.25, 0.3) is 0 Å². The van der Waals surface area contributed by atoms with Gasteiger partial charge in [0.2, 0.25) is 0 Å². The highest BCUT2D eigenvalue weighted by atomic mass is 31.2. The molecule has 0 rings (SSSR count). The first-order chi connectivity index (χ1) is 23.1. The molecule has 0 aliphatic rings. The molecular weight excluding hydrogens is 635 g/mol. The van der Waals surface area contributed by atoms with E-state index in [4.69, 9.17) is 19.3 Å². The maximum atomic E-state index is 12.3. The Labute approximate surface area is 289 Å². The van der Waals surface area contributed by atoms with Crippen molar-refractivity contribution >= 4 is 19.8 Å². The van der Waals surface area contributed by atoms with E-state index < -0.39 is 44.7 Å². The van der Waals surface area contributed by atoms with Crippen LogP contribution in [-0.2, 0) is 28.2 Å². The molecule has 0 amide bonds. The molecule has 4 N–H and O–H groups in total. The summed E-state index contributed by atoms with van der Waals surface area (Å²) in [6, 6.07) is 0. The Bertz CT molecular complexity index is 998. The van der Waals surface area contributed by atoms with Crippen LogP contribution in [0, 0.1) is 0 Å². The molecule has 0 aliphatic heterocycles. The molecule has 0 aromatic heterocycles. The van der Waals surface area contributed by atoms with Gasteiger partial charge in [-0.05, 0) is 51.4 Å². The van der Waals surface area contributed by atoms with E-state index in [0.717, 1.165) is 64.2 Å². The molecule has 0 aromatic rings. The van der Waals surface area contributed by atoms with E-state index in [1.807, 2.05) is 30.4 Å². The van der Waals surface area contributed by atoms with Crippen LogP contribution >= 0.6 is 7.82 Å². The zero-order valence-electron chi connectivity index (χ0n) is 29.3. The topological polar surface area (TPSA) is 160 Å². The summed E-state index contributed by atoms with van der Waals surface area (Å²) in [5, 5.41) is 20.0. The van der Waals surface area contributed by atoms with Crippen LogP contribution in [0.5, 0.6) is 0 Å². The van der Waals surface area contributed by atoms with Crippen molar-refractivity contribution in [2.75, 3.05) is 13.2 Å². The van der Waals surface area contributed by atoms with Crippen LogP contribution in [0.4, 0.5) is 0 Å². The second kappa shape index (κ2) is 31.9. The lowest BCUT2D eigenvalue weighted by Crippen LogP contribution is -2.29. The summed E-state index contributed by atoms with van der Waals surface area (Å²) in [6.07, 6.45) is 31.6. The predicted octanol–water partition coefficient (Wildman–Crippen LogP) is 8.12. The minimum absolute atomic E-state index is 0.0404. The minimum Gasteiger partial charge on any atom is -0.462 e. The average molecular weight is 699 g/mol. The summed E-state index contributed by atoms with van der Waals surface area (Å²) >= 11 is 0. The predicted molar refractivity (Wildman–Crippen MR) is 191 cm³/mol. The number of hydrogen-bond donors (Lipinski definition) is 4. The van der Waals surface area contributed by atoms with Gasteiger partial charge in [0.05, 0.1) is 18.8 Å². The van der Waals surface area contributed by atoms with Crippen LogP contribution in [0.2, 0.25) is 0 Å². The van der Waals surface area contributed by atoms with E-state index in [-0.39, 0.29) is 19.4 Å². The number of ether oxygens (including phenoxy) is 2. The van der Waals surface area contributed by atoms with Gasteiger partial charge in [-0.15, -0.1) is 0 Å². The van der Waals surface area contributed by atoms with Gasteiger partial charge in [-0.25, -0.2) is 4.57 Å². The smallest absolute Gasteiger partial charge is 0.462 e. The number of allylic oxidation sites excluding steroid dienone is 8. The number of aliphatic hydroxyl groups excluding tert-OH is 2. The van der Waals surface area contributed by atoms with Gasteiger partial charge in [-0.1, -0.05) is 126 Å². The van der Waals surface area contributed by atoms with Crippen LogP contribution in [0.1, 0.15) is 129 Å². The number of hydrogen-bond acceptors (Lipinski definition) is 8. The molecule has 0 spiro atoms. The number of unbranched alkanes of at least 4 members (excludes halogenated alkanes) is 9. The highest BCUT2D eigenvalue weighted by Crippen LogP contribution is 2.35. The third-order valence-electron chi connectivity index (χ3n) is 7.22.